The summed E-state index contributed by atoms with van der Waals surface area (Å²) < 4.78 is 13.8. The van der Waals surface area contributed by atoms with Crippen LogP contribution in [0.5, 0.6) is 0 Å². The summed E-state index contributed by atoms with van der Waals surface area (Å²) in [6.45, 7) is -0.0192. The Morgan fingerprint density at radius 3 is 2.47 bits per heavy atom. The van der Waals surface area contributed by atoms with Crippen LogP contribution in [0.1, 0.15) is 25.7 Å². The molecule has 0 aromatic carbocycles. The Morgan fingerprint density at radius 1 is 1.29 bits per heavy atom. The molecule has 1 N–H and O–H groups in total. The number of hydrogen-bond acceptors (Lipinski definition) is 2. The maximum Gasteiger partial charge on any atom is 0.343 e. The third kappa shape index (κ3) is 1.55. The molecule has 1 aliphatic heterocycles. The highest BCUT2D eigenvalue weighted by atomic mass is 19.1. The van der Waals surface area contributed by atoms with Crippen molar-refractivity contribution in [2.45, 2.75) is 31.4 Å². The summed E-state index contributed by atoms with van der Waals surface area (Å²) in [6.07, 6.45) is 3.33. The fraction of sp³-hybridized carbons (Fsp3) is 0.833. The molecule has 0 bridgehead atoms. The molecule has 1 amide bonds. The molecule has 1 heterocycles. The van der Waals surface area contributed by atoms with Gasteiger partial charge in [0.15, 0.2) is 0 Å². The second-order valence-corrected chi connectivity index (χ2v) is 5.56. The van der Waals surface area contributed by atoms with Gasteiger partial charge in [0.05, 0.1) is 6.54 Å². The van der Waals surface area contributed by atoms with Crippen LogP contribution < -0.4 is 0 Å². The molecule has 0 aromatic heterocycles. The number of rotatable bonds is 2. The Balaban J connectivity index is 1.64. The van der Waals surface area contributed by atoms with Crippen molar-refractivity contribution in [2.24, 2.45) is 17.8 Å². The van der Waals surface area contributed by atoms with Crippen molar-refractivity contribution in [3.05, 3.63) is 0 Å². The van der Waals surface area contributed by atoms with Gasteiger partial charge in [-0.05, 0) is 24.7 Å². The van der Waals surface area contributed by atoms with E-state index in [1.807, 2.05) is 0 Å². The molecule has 94 valence electrons. The zero-order valence-electron chi connectivity index (χ0n) is 9.56. The average Bonchev–Trinajstić information content (AvgIpc) is 2.69. The molecule has 3 aliphatic rings. The van der Waals surface area contributed by atoms with Crippen LogP contribution in [-0.4, -0.2) is 40.6 Å². The Morgan fingerprint density at radius 2 is 1.94 bits per heavy atom. The summed E-state index contributed by atoms with van der Waals surface area (Å²) in [7, 11) is 0. The first-order valence-electron chi connectivity index (χ1n) is 6.24. The number of halogens is 1. The lowest BCUT2D eigenvalue weighted by Crippen LogP contribution is -2.39. The molecule has 3 fully saturated rings. The number of carbonyl (C=O) groups excluding carboxylic acids is 1. The molecule has 2 saturated carbocycles. The third-order valence-corrected chi connectivity index (χ3v) is 4.61. The van der Waals surface area contributed by atoms with Crippen molar-refractivity contribution in [2.75, 3.05) is 13.1 Å². The Kier molecular flexibility index (Phi) is 2.22. The van der Waals surface area contributed by atoms with Gasteiger partial charge >= 0.3 is 5.97 Å². The van der Waals surface area contributed by atoms with Gasteiger partial charge in [0, 0.05) is 18.9 Å². The maximum atomic E-state index is 13.8. The van der Waals surface area contributed by atoms with Crippen LogP contribution >= 0.6 is 0 Å². The van der Waals surface area contributed by atoms with Crippen molar-refractivity contribution >= 4 is 11.9 Å². The molecule has 17 heavy (non-hydrogen) atoms. The number of nitrogens with zero attached hydrogens (tertiary/aromatic N) is 1. The van der Waals surface area contributed by atoms with Crippen LogP contribution in [0.3, 0.4) is 0 Å². The summed E-state index contributed by atoms with van der Waals surface area (Å²) in [5, 5.41) is 8.77. The lowest BCUT2D eigenvalue weighted by molar-refractivity contribution is -0.150. The molecule has 5 heteroatoms. The smallest absolute Gasteiger partial charge is 0.343 e. The van der Waals surface area contributed by atoms with E-state index in [-0.39, 0.29) is 31.3 Å². The van der Waals surface area contributed by atoms with Gasteiger partial charge in [-0.2, -0.15) is 0 Å². The van der Waals surface area contributed by atoms with Gasteiger partial charge in [-0.25, -0.2) is 9.18 Å². The minimum absolute atomic E-state index is 0.0134. The van der Waals surface area contributed by atoms with Gasteiger partial charge in [0.2, 0.25) is 11.6 Å². The molecule has 1 saturated heterocycles. The second-order valence-electron chi connectivity index (χ2n) is 5.56. The largest absolute Gasteiger partial charge is 0.479 e. The maximum absolute atomic E-state index is 13.8. The van der Waals surface area contributed by atoms with E-state index in [1.165, 1.54) is 11.3 Å². The van der Waals surface area contributed by atoms with Crippen molar-refractivity contribution < 1.29 is 19.1 Å². The van der Waals surface area contributed by atoms with Gasteiger partial charge in [-0.1, -0.05) is 6.42 Å². The second kappa shape index (κ2) is 3.43. The molecular weight excluding hydrogens is 225 g/mol. The van der Waals surface area contributed by atoms with Crippen molar-refractivity contribution in [3.8, 4) is 0 Å². The summed E-state index contributed by atoms with van der Waals surface area (Å²) in [5.41, 5.74) is -2.22. The number of fused-ring (bicyclic) bond motifs is 1. The Hall–Kier alpha value is -1.13. The highest BCUT2D eigenvalue weighted by molar-refractivity contribution is 5.85. The molecule has 0 spiro atoms. The van der Waals surface area contributed by atoms with Gasteiger partial charge in [0.25, 0.3) is 0 Å². The minimum Gasteiger partial charge on any atom is -0.479 e. The fourth-order valence-corrected chi connectivity index (χ4v) is 3.53. The van der Waals surface area contributed by atoms with Crippen LogP contribution in [0.15, 0.2) is 0 Å². The normalized spacial score (nSPS) is 43.6. The first-order chi connectivity index (χ1) is 8.03. The van der Waals surface area contributed by atoms with E-state index in [1.54, 1.807) is 0 Å². The zero-order chi connectivity index (χ0) is 12.2. The summed E-state index contributed by atoms with van der Waals surface area (Å²) in [5.74, 6) is -0.381. The number of amides is 1. The number of alkyl halides is 1. The van der Waals surface area contributed by atoms with E-state index in [4.69, 9.17) is 5.11 Å². The highest BCUT2D eigenvalue weighted by Gasteiger charge is 2.59. The van der Waals surface area contributed by atoms with Crippen LogP contribution in [0, 0.1) is 17.8 Å². The Labute approximate surface area is 98.8 Å². The number of carbonyl (C=O) groups is 2. The van der Waals surface area contributed by atoms with Crippen LogP contribution in [0.25, 0.3) is 0 Å². The molecular formula is C12H16FNO3. The predicted molar refractivity (Wildman–Crippen MR) is 57.0 cm³/mol. The van der Waals surface area contributed by atoms with Gasteiger partial charge in [-0.15, -0.1) is 0 Å². The number of aliphatic carboxylic acids is 1. The van der Waals surface area contributed by atoms with E-state index in [9.17, 15) is 14.0 Å². The van der Waals surface area contributed by atoms with Gasteiger partial charge < -0.3 is 10.0 Å². The number of hydrogen-bond donors (Lipinski definition) is 1. The number of carboxylic acid groups (broad SMARTS) is 1. The average molecular weight is 241 g/mol. The van der Waals surface area contributed by atoms with Crippen molar-refractivity contribution in [1.82, 2.24) is 4.90 Å². The number of carboxylic acids is 1. The highest BCUT2D eigenvalue weighted by Crippen LogP contribution is 2.58. The first-order valence-corrected chi connectivity index (χ1v) is 6.24. The van der Waals surface area contributed by atoms with E-state index in [2.05, 4.69) is 0 Å². The van der Waals surface area contributed by atoms with E-state index < -0.39 is 11.6 Å². The minimum atomic E-state index is -2.22. The monoisotopic (exact) mass is 241 g/mol. The zero-order valence-corrected chi connectivity index (χ0v) is 9.56. The predicted octanol–water partition coefficient (Wildman–Crippen LogP) is 1.06. The molecule has 3 rings (SSSR count). The van der Waals surface area contributed by atoms with Crippen LogP contribution in [-0.2, 0) is 9.59 Å². The molecule has 2 aliphatic carbocycles. The van der Waals surface area contributed by atoms with Crippen LogP contribution in [0.4, 0.5) is 4.39 Å². The summed E-state index contributed by atoms with van der Waals surface area (Å²) in [4.78, 5) is 24.3. The molecule has 3 atom stereocenters. The summed E-state index contributed by atoms with van der Waals surface area (Å²) in [6, 6.07) is 0. The quantitative estimate of drug-likeness (QED) is 0.786. The van der Waals surface area contributed by atoms with Gasteiger partial charge in [-0.3, -0.25) is 4.79 Å². The van der Waals surface area contributed by atoms with Gasteiger partial charge in [0.1, 0.15) is 0 Å². The first kappa shape index (κ1) is 11.0. The SMILES string of the molecule is O=C(C1C2CCCC21)N1CCC(F)(C(=O)O)C1. The summed E-state index contributed by atoms with van der Waals surface area (Å²) >= 11 is 0. The molecule has 0 aromatic rings. The molecule has 4 nitrogen and oxygen atoms in total. The van der Waals surface area contributed by atoms with E-state index in [0.717, 1.165) is 12.8 Å². The number of likely N-dealkylation sites (tertiary alicyclic amines) is 1. The van der Waals surface area contributed by atoms with Crippen LogP contribution in [0.2, 0.25) is 0 Å². The standard InChI is InChI=1S/C12H16FNO3/c13-12(11(16)17)4-5-14(6-12)10(15)9-7-2-1-3-8(7)9/h7-9H,1-6H2,(H,16,17). The Bertz CT molecular complexity index is 376. The lowest BCUT2D eigenvalue weighted by atomic mass is 10.1. The lowest BCUT2D eigenvalue weighted by Gasteiger charge is -2.18. The third-order valence-electron chi connectivity index (χ3n) is 4.61. The van der Waals surface area contributed by atoms with Crippen molar-refractivity contribution in [3.63, 3.8) is 0 Å². The van der Waals surface area contributed by atoms with E-state index in [0.29, 0.717) is 11.8 Å². The molecule has 3 unspecified atom stereocenters. The topological polar surface area (TPSA) is 57.6 Å². The van der Waals surface area contributed by atoms with Crippen molar-refractivity contribution in [1.29, 1.82) is 0 Å². The molecule has 0 radical (unpaired) electrons. The fourth-order valence-electron chi connectivity index (χ4n) is 3.53. The van der Waals surface area contributed by atoms with E-state index >= 15 is 0 Å².